The molecule has 7 heteroatoms. The van der Waals surface area contributed by atoms with Gasteiger partial charge in [-0.25, -0.2) is 13.6 Å². The van der Waals surface area contributed by atoms with Crippen LogP contribution in [0.4, 0.5) is 0 Å². The Labute approximate surface area is 136 Å². The van der Waals surface area contributed by atoms with Crippen molar-refractivity contribution in [2.24, 2.45) is 5.14 Å². The van der Waals surface area contributed by atoms with Gasteiger partial charge in [-0.15, -0.1) is 0 Å². The van der Waals surface area contributed by atoms with Crippen molar-refractivity contribution in [1.29, 1.82) is 0 Å². The van der Waals surface area contributed by atoms with E-state index in [2.05, 4.69) is 0 Å². The Morgan fingerprint density at radius 2 is 1.96 bits per heavy atom. The number of primary sulfonamides is 1. The second-order valence-corrected chi connectivity index (χ2v) is 8.15. The molecule has 0 spiro atoms. The Morgan fingerprint density at radius 1 is 1.22 bits per heavy atom. The molecular weight excluding hydrogens is 316 g/mol. The molecule has 0 radical (unpaired) electrons. The Hall–Kier alpha value is -1.60. The summed E-state index contributed by atoms with van der Waals surface area (Å²) < 4.78 is 28.7. The number of rotatable bonds is 4. The molecule has 1 saturated heterocycles. The van der Waals surface area contributed by atoms with Crippen molar-refractivity contribution in [3.63, 3.8) is 0 Å². The highest BCUT2D eigenvalue weighted by Gasteiger charge is 2.33. The van der Waals surface area contributed by atoms with E-state index in [4.69, 9.17) is 9.88 Å². The summed E-state index contributed by atoms with van der Waals surface area (Å²) in [5, 5.41) is 4.51. The molecule has 1 saturated carbocycles. The molecule has 3 rings (SSSR count). The standard InChI is InChI=1S/C16H22N2O4S/c17-23(20,21)15-8-9-18(11-15)16(19)12-4-3-7-14(10-12)22-13-5-1-2-6-13/h3-4,7,10,13,15H,1-2,5-6,8-9,11H2,(H2,17,20,21). The number of nitrogens with two attached hydrogens (primary N) is 1. The van der Waals surface area contributed by atoms with Crippen LogP contribution in [0.5, 0.6) is 5.75 Å². The number of benzene rings is 1. The quantitative estimate of drug-likeness (QED) is 0.901. The first-order valence-corrected chi connectivity index (χ1v) is 9.62. The molecule has 1 atom stereocenters. The number of likely N-dealkylation sites (tertiary alicyclic amines) is 1. The predicted octanol–water partition coefficient (Wildman–Crippen LogP) is 1.51. The van der Waals surface area contributed by atoms with Crippen LogP contribution in [0.15, 0.2) is 24.3 Å². The number of nitrogens with zero attached hydrogens (tertiary/aromatic N) is 1. The van der Waals surface area contributed by atoms with Gasteiger partial charge in [-0.05, 0) is 50.3 Å². The van der Waals surface area contributed by atoms with Gasteiger partial charge in [0.1, 0.15) is 5.75 Å². The Morgan fingerprint density at radius 3 is 2.61 bits per heavy atom. The van der Waals surface area contributed by atoms with Gasteiger partial charge >= 0.3 is 0 Å². The third-order valence-corrected chi connectivity index (χ3v) is 5.90. The maximum Gasteiger partial charge on any atom is 0.254 e. The first kappa shape index (κ1) is 16.3. The van der Waals surface area contributed by atoms with E-state index >= 15 is 0 Å². The summed E-state index contributed by atoms with van der Waals surface area (Å²) in [6, 6.07) is 7.12. The molecule has 2 N–H and O–H groups in total. The number of sulfonamides is 1. The molecule has 0 aromatic heterocycles. The molecule has 1 heterocycles. The second-order valence-electron chi connectivity index (χ2n) is 6.30. The monoisotopic (exact) mass is 338 g/mol. The molecule has 1 aliphatic heterocycles. The van der Waals surface area contributed by atoms with Gasteiger partial charge in [0, 0.05) is 18.7 Å². The smallest absolute Gasteiger partial charge is 0.254 e. The van der Waals surface area contributed by atoms with Crippen molar-refractivity contribution in [2.45, 2.75) is 43.5 Å². The lowest BCUT2D eigenvalue weighted by atomic mass is 10.2. The molecule has 2 fully saturated rings. The summed E-state index contributed by atoms with van der Waals surface area (Å²) in [7, 11) is -3.59. The largest absolute Gasteiger partial charge is 0.490 e. The first-order chi connectivity index (χ1) is 10.9. The van der Waals surface area contributed by atoms with Crippen LogP contribution >= 0.6 is 0 Å². The molecule has 6 nitrogen and oxygen atoms in total. The maximum absolute atomic E-state index is 12.5. The third kappa shape index (κ3) is 3.84. The Bertz CT molecular complexity index is 683. The third-order valence-electron chi connectivity index (χ3n) is 4.58. The van der Waals surface area contributed by atoms with E-state index in [0.29, 0.717) is 24.3 Å². The summed E-state index contributed by atoms with van der Waals surface area (Å²) in [5.41, 5.74) is 0.524. The fourth-order valence-electron chi connectivity index (χ4n) is 3.26. The van der Waals surface area contributed by atoms with Crippen LogP contribution in [0, 0.1) is 0 Å². The molecule has 0 bridgehead atoms. The van der Waals surface area contributed by atoms with Crippen LogP contribution in [0.3, 0.4) is 0 Å². The number of ether oxygens (including phenoxy) is 1. The highest BCUT2D eigenvalue weighted by Crippen LogP contribution is 2.25. The summed E-state index contributed by atoms with van der Waals surface area (Å²) in [6.07, 6.45) is 5.11. The van der Waals surface area contributed by atoms with E-state index < -0.39 is 15.3 Å². The number of hydrogen-bond donors (Lipinski definition) is 1. The fourth-order valence-corrected chi connectivity index (χ4v) is 4.09. The number of carbonyl (C=O) groups is 1. The summed E-state index contributed by atoms with van der Waals surface area (Å²) in [5.74, 6) is 0.526. The number of hydrogen-bond acceptors (Lipinski definition) is 4. The van der Waals surface area contributed by atoms with Gasteiger partial charge < -0.3 is 9.64 Å². The minimum atomic E-state index is -3.59. The lowest BCUT2D eigenvalue weighted by Crippen LogP contribution is -2.34. The van der Waals surface area contributed by atoms with Crippen molar-refractivity contribution < 1.29 is 17.9 Å². The van der Waals surface area contributed by atoms with Gasteiger partial charge in [-0.3, -0.25) is 4.79 Å². The van der Waals surface area contributed by atoms with E-state index in [-0.39, 0.29) is 18.6 Å². The highest BCUT2D eigenvalue weighted by atomic mass is 32.2. The molecule has 1 aromatic carbocycles. The van der Waals surface area contributed by atoms with E-state index in [9.17, 15) is 13.2 Å². The molecule has 126 valence electrons. The van der Waals surface area contributed by atoms with Gasteiger partial charge in [-0.1, -0.05) is 6.07 Å². The van der Waals surface area contributed by atoms with E-state index in [0.717, 1.165) is 12.8 Å². The van der Waals surface area contributed by atoms with Crippen molar-refractivity contribution in [2.75, 3.05) is 13.1 Å². The SMILES string of the molecule is NS(=O)(=O)C1CCN(C(=O)c2cccc(OC3CCCC3)c2)C1. The van der Waals surface area contributed by atoms with E-state index in [1.165, 1.54) is 12.8 Å². The van der Waals surface area contributed by atoms with Crippen molar-refractivity contribution in [3.8, 4) is 5.75 Å². The van der Waals surface area contributed by atoms with E-state index in [1.54, 1.807) is 23.1 Å². The second kappa shape index (κ2) is 6.49. The number of amides is 1. The zero-order valence-corrected chi connectivity index (χ0v) is 13.8. The minimum Gasteiger partial charge on any atom is -0.490 e. The van der Waals surface area contributed by atoms with Gasteiger partial charge in [0.15, 0.2) is 0 Å². The van der Waals surface area contributed by atoms with Gasteiger partial charge in [0.2, 0.25) is 10.0 Å². The Balaban J connectivity index is 1.68. The van der Waals surface area contributed by atoms with Crippen LogP contribution in [0.2, 0.25) is 0 Å². The molecule has 2 aliphatic rings. The maximum atomic E-state index is 12.5. The van der Waals surface area contributed by atoms with Crippen LogP contribution in [-0.4, -0.2) is 43.7 Å². The molecule has 1 unspecified atom stereocenters. The summed E-state index contributed by atoms with van der Waals surface area (Å²) in [6.45, 7) is 0.568. The normalized spacial score (nSPS) is 22.5. The molecule has 1 amide bonds. The average Bonchev–Trinajstić information content (AvgIpc) is 3.17. The zero-order chi connectivity index (χ0) is 16.4. The average molecular weight is 338 g/mol. The summed E-state index contributed by atoms with van der Waals surface area (Å²) in [4.78, 5) is 14.1. The molecule has 1 aliphatic carbocycles. The van der Waals surface area contributed by atoms with Gasteiger partial charge in [0.25, 0.3) is 5.91 Å². The first-order valence-electron chi connectivity index (χ1n) is 8.01. The molecule has 1 aromatic rings. The lowest BCUT2D eigenvalue weighted by molar-refractivity contribution is 0.0792. The lowest BCUT2D eigenvalue weighted by Gasteiger charge is -2.18. The van der Waals surface area contributed by atoms with E-state index in [1.807, 2.05) is 6.07 Å². The Kier molecular flexibility index (Phi) is 4.59. The fraction of sp³-hybridized carbons (Fsp3) is 0.562. The van der Waals surface area contributed by atoms with Gasteiger partial charge in [0.05, 0.1) is 11.4 Å². The minimum absolute atomic E-state index is 0.158. The van der Waals surface area contributed by atoms with Gasteiger partial charge in [-0.2, -0.15) is 0 Å². The summed E-state index contributed by atoms with van der Waals surface area (Å²) >= 11 is 0. The topological polar surface area (TPSA) is 89.7 Å². The van der Waals surface area contributed by atoms with Crippen LogP contribution in [-0.2, 0) is 10.0 Å². The van der Waals surface area contributed by atoms with Crippen LogP contribution < -0.4 is 9.88 Å². The van der Waals surface area contributed by atoms with Crippen LogP contribution in [0.25, 0.3) is 0 Å². The highest BCUT2D eigenvalue weighted by molar-refractivity contribution is 7.89. The van der Waals surface area contributed by atoms with Crippen LogP contribution in [0.1, 0.15) is 42.5 Å². The zero-order valence-electron chi connectivity index (χ0n) is 13.0. The van der Waals surface area contributed by atoms with Crippen molar-refractivity contribution >= 4 is 15.9 Å². The molecule has 23 heavy (non-hydrogen) atoms. The predicted molar refractivity (Wildman–Crippen MR) is 86.7 cm³/mol. The molecular formula is C16H22N2O4S. The number of carbonyl (C=O) groups excluding carboxylic acids is 1. The van der Waals surface area contributed by atoms with Crippen molar-refractivity contribution in [3.05, 3.63) is 29.8 Å². The van der Waals surface area contributed by atoms with Crippen molar-refractivity contribution in [1.82, 2.24) is 4.90 Å².